The summed E-state index contributed by atoms with van der Waals surface area (Å²) in [4.78, 5) is 23.2. The van der Waals surface area contributed by atoms with Crippen molar-refractivity contribution in [1.82, 2.24) is 0 Å². The Morgan fingerprint density at radius 2 is 0.592 bits per heavy atom. The van der Waals surface area contributed by atoms with Gasteiger partial charge in [-0.15, -0.1) is 0 Å². The molecule has 76 heavy (non-hydrogen) atoms. The molecule has 0 aliphatic rings. The van der Waals surface area contributed by atoms with Gasteiger partial charge in [0.2, 0.25) is 0 Å². The van der Waals surface area contributed by atoms with Crippen LogP contribution in [0.4, 0.5) is 0 Å². The molecule has 14 heteroatoms. The van der Waals surface area contributed by atoms with E-state index in [1.807, 2.05) is 38.1 Å². The average molecular weight is 1090 g/mol. The summed E-state index contributed by atoms with van der Waals surface area (Å²) >= 11 is 0. The van der Waals surface area contributed by atoms with Gasteiger partial charge in [0, 0.05) is 13.8 Å². The zero-order chi connectivity index (χ0) is 54.4. The van der Waals surface area contributed by atoms with Gasteiger partial charge >= 0.3 is 11.9 Å². The number of hydrogen-bond donors (Lipinski definition) is 0. The highest BCUT2D eigenvalue weighted by atomic mass is 32.2. The Balaban J connectivity index is 0.000000314. The molecule has 9 rings (SSSR count). The SMILES string of the molecule is CC(=O)Oc1ccc([P+](Cc2ccc(C[P+](c3ccccc3)(c3ccccc3)c3ccc(OC(C)=O)cc3)cc2)(c2ccccc2)c2ccccc2)cc1.Cc1ccc(S(=O)(=O)[O-])cc1.Cc1ccc(S(=O)(=O)[O-])cc1. The second-order valence-corrected chi connectivity index (χ2v) is 27.5. The number of benzene rings is 9. The molecule has 9 aromatic carbocycles. The van der Waals surface area contributed by atoms with E-state index in [4.69, 9.17) is 9.47 Å². The van der Waals surface area contributed by atoms with Gasteiger partial charge in [0.05, 0.1) is 22.1 Å². The summed E-state index contributed by atoms with van der Waals surface area (Å²) in [7, 11) is -13.0. The summed E-state index contributed by atoms with van der Waals surface area (Å²) < 4.78 is 73.2. The molecule has 9 aromatic rings. The molecule has 0 bridgehead atoms. The van der Waals surface area contributed by atoms with Gasteiger partial charge in [-0.1, -0.05) is 132 Å². The van der Waals surface area contributed by atoms with E-state index in [9.17, 15) is 35.5 Å². The number of carbonyl (C=O) groups excluding carboxylic acids is 2. The molecule has 0 heterocycles. The monoisotopic (exact) mass is 1090 g/mol. The fraction of sp³-hybridized carbons (Fsp3) is 0.0968. The van der Waals surface area contributed by atoms with Crippen molar-refractivity contribution in [3.63, 3.8) is 0 Å². The van der Waals surface area contributed by atoms with E-state index in [1.54, 1.807) is 24.3 Å². The van der Waals surface area contributed by atoms with Crippen molar-refractivity contribution in [2.24, 2.45) is 0 Å². The lowest BCUT2D eigenvalue weighted by Crippen LogP contribution is -2.33. The van der Waals surface area contributed by atoms with E-state index in [0.717, 1.165) is 23.5 Å². The van der Waals surface area contributed by atoms with Crippen LogP contribution in [0.25, 0.3) is 0 Å². The second-order valence-electron chi connectivity index (χ2n) is 17.8. The Kier molecular flexibility index (Phi) is 18.8. The van der Waals surface area contributed by atoms with Gasteiger partial charge < -0.3 is 18.6 Å². The molecule has 0 aliphatic carbocycles. The molecule has 0 amide bonds. The first-order valence-electron chi connectivity index (χ1n) is 24.1. The van der Waals surface area contributed by atoms with Gasteiger partial charge in [-0.3, -0.25) is 9.59 Å². The summed E-state index contributed by atoms with van der Waals surface area (Å²) in [6.07, 6.45) is 1.65. The maximum absolute atomic E-state index is 11.8. The van der Waals surface area contributed by atoms with Crippen molar-refractivity contribution in [2.75, 3.05) is 0 Å². The Morgan fingerprint density at radius 3 is 0.816 bits per heavy atom. The lowest BCUT2D eigenvalue weighted by molar-refractivity contribution is -0.132. The lowest BCUT2D eigenvalue weighted by Gasteiger charge is -2.29. The Labute approximate surface area is 447 Å². The number of rotatable bonds is 14. The Bertz CT molecular complexity index is 3230. The van der Waals surface area contributed by atoms with Crippen LogP contribution >= 0.6 is 14.5 Å². The van der Waals surface area contributed by atoms with E-state index in [2.05, 4.69) is 170 Å². The van der Waals surface area contributed by atoms with Crippen molar-refractivity contribution in [2.45, 2.75) is 49.8 Å². The topological polar surface area (TPSA) is 167 Å². The summed E-state index contributed by atoms with van der Waals surface area (Å²) in [6, 6.07) is 80.2. The normalized spacial score (nSPS) is 11.4. The molecule has 0 fully saturated rings. The van der Waals surface area contributed by atoms with Crippen LogP contribution in [0.3, 0.4) is 0 Å². The van der Waals surface area contributed by atoms with E-state index in [-0.39, 0.29) is 21.7 Å². The van der Waals surface area contributed by atoms with Crippen LogP contribution in [0.2, 0.25) is 0 Å². The van der Waals surface area contributed by atoms with E-state index >= 15 is 0 Å². The smallest absolute Gasteiger partial charge is 0.308 e. The number of hydrogen-bond acceptors (Lipinski definition) is 10. The van der Waals surface area contributed by atoms with Crippen LogP contribution in [0, 0.1) is 13.8 Å². The molecule has 0 spiro atoms. The fourth-order valence-corrected chi connectivity index (χ4v) is 18.1. The molecule has 0 saturated heterocycles. The van der Waals surface area contributed by atoms with Gasteiger partial charge in [-0.2, -0.15) is 0 Å². The number of aryl methyl sites for hydroxylation is 2. The third-order valence-electron chi connectivity index (χ3n) is 12.3. The zero-order valence-electron chi connectivity index (χ0n) is 42.3. The third-order valence-corrected chi connectivity index (χ3v) is 22.8. The van der Waals surface area contributed by atoms with Crippen molar-refractivity contribution in [3.05, 3.63) is 265 Å². The largest absolute Gasteiger partial charge is 0.744 e. The van der Waals surface area contributed by atoms with E-state index in [1.165, 1.54) is 81.1 Å². The molecule has 10 nitrogen and oxygen atoms in total. The minimum atomic E-state index is -4.27. The molecule has 0 atom stereocenters. The summed E-state index contributed by atoms with van der Waals surface area (Å²) in [5.41, 5.74) is 4.35. The maximum Gasteiger partial charge on any atom is 0.308 e. The van der Waals surface area contributed by atoms with Gasteiger partial charge in [-0.25, -0.2) is 16.8 Å². The first-order valence-corrected chi connectivity index (χ1v) is 30.8. The fourth-order valence-electron chi connectivity index (χ4n) is 8.75. The van der Waals surface area contributed by atoms with Crippen LogP contribution in [0.15, 0.2) is 252 Å². The minimum Gasteiger partial charge on any atom is -0.744 e. The Hall–Kier alpha value is -7.40. The van der Waals surface area contributed by atoms with Crippen LogP contribution in [0.1, 0.15) is 36.1 Å². The lowest BCUT2D eigenvalue weighted by atomic mass is 10.2. The van der Waals surface area contributed by atoms with Gasteiger partial charge in [0.15, 0.2) is 0 Å². The Morgan fingerprint density at radius 1 is 0.355 bits per heavy atom. The standard InChI is InChI=1S/C48H42O4P2.2C7H8O3S/c1-37(49)51-41-27-31-47(32-28-41)53(43-15-7-3-8-16-43,44-17-9-4-10-18-44)35-39-23-25-40(26-24-39)36-54(45-19-11-5-12-20-45,46-21-13-6-14-22-46)48-33-29-42(30-34-48)52-38(2)50;2*1-6-2-4-7(5-3-6)11(8,9)10/h3-34H,35-36H2,1-2H3;2*2-5H,1H3,(H,8,9,10)/q+2;;/p-2. The summed E-state index contributed by atoms with van der Waals surface area (Å²) in [5, 5.41) is 7.59. The summed E-state index contributed by atoms with van der Waals surface area (Å²) in [5.74, 6) is 0.416. The summed E-state index contributed by atoms with van der Waals surface area (Å²) in [6.45, 7) is 6.49. The molecule has 386 valence electrons. The molecule has 0 aromatic heterocycles. The minimum absolute atomic E-state index is 0.178. The van der Waals surface area contributed by atoms with Crippen LogP contribution in [0.5, 0.6) is 11.5 Å². The first kappa shape index (κ1) is 56.3. The van der Waals surface area contributed by atoms with Crippen molar-refractivity contribution in [1.29, 1.82) is 0 Å². The zero-order valence-corrected chi connectivity index (χ0v) is 45.7. The molecule has 0 unspecified atom stereocenters. The number of ether oxygens (including phenoxy) is 2. The van der Waals surface area contributed by atoms with Crippen LogP contribution < -0.4 is 41.3 Å². The highest BCUT2D eigenvalue weighted by Crippen LogP contribution is 2.60. The quantitative estimate of drug-likeness (QED) is 0.0443. The van der Waals surface area contributed by atoms with Gasteiger partial charge in [0.25, 0.3) is 0 Å². The van der Waals surface area contributed by atoms with E-state index < -0.39 is 34.8 Å². The predicted octanol–water partition coefficient (Wildman–Crippen LogP) is 10.3. The molecular formula is C62H56O10P2S2. The predicted molar refractivity (Wildman–Crippen MR) is 305 cm³/mol. The molecular weight excluding hydrogens is 1030 g/mol. The van der Waals surface area contributed by atoms with Crippen LogP contribution in [-0.2, 0) is 42.1 Å². The maximum atomic E-state index is 11.8. The van der Waals surface area contributed by atoms with Crippen molar-refractivity contribution < 1.29 is 45.0 Å². The van der Waals surface area contributed by atoms with Crippen LogP contribution in [-0.4, -0.2) is 37.9 Å². The molecule has 0 aliphatic heterocycles. The highest BCUT2D eigenvalue weighted by molar-refractivity contribution is 7.95. The van der Waals surface area contributed by atoms with Gasteiger partial charge in [0.1, 0.15) is 78.1 Å². The second kappa shape index (κ2) is 25.4. The van der Waals surface area contributed by atoms with Crippen molar-refractivity contribution in [3.8, 4) is 11.5 Å². The number of carbonyl (C=O) groups is 2. The number of esters is 2. The molecule has 0 radical (unpaired) electrons. The molecule has 0 N–H and O–H groups in total. The van der Waals surface area contributed by atoms with E-state index in [0.29, 0.717) is 11.5 Å². The highest BCUT2D eigenvalue weighted by Gasteiger charge is 2.47. The van der Waals surface area contributed by atoms with Gasteiger partial charge in [-0.05, 0) is 146 Å². The average Bonchev–Trinajstić information content (AvgIpc) is 3.43. The first-order chi connectivity index (χ1) is 36.4. The molecule has 0 saturated carbocycles. The third kappa shape index (κ3) is 14.5. The van der Waals surface area contributed by atoms with Crippen molar-refractivity contribution >= 4 is 78.5 Å².